The van der Waals surface area contributed by atoms with Crippen LogP contribution in [0.3, 0.4) is 0 Å². The average Bonchev–Trinajstić information content (AvgIpc) is 2.46. The summed E-state index contributed by atoms with van der Waals surface area (Å²) >= 11 is 0. The molecule has 1 nitrogen and oxygen atoms in total. The second kappa shape index (κ2) is 5.43. The summed E-state index contributed by atoms with van der Waals surface area (Å²) in [7, 11) is 0. The lowest BCUT2D eigenvalue weighted by atomic mass is 9.90. The van der Waals surface area contributed by atoms with E-state index in [4.69, 9.17) is 0 Å². The summed E-state index contributed by atoms with van der Waals surface area (Å²) < 4.78 is 13.5. The molecule has 0 spiro atoms. The Hall–Kier alpha value is -1.83. The van der Waals surface area contributed by atoms with E-state index in [1.54, 1.807) is 12.1 Å². The predicted molar refractivity (Wildman–Crippen MR) is 76.8 cm³/mol. The Balaban J connectivity index is 1.72. The Bertz CT molecular complexity index is 577. The minimum atomic E-state index is -0.194. The van der Waals surface area contributed by atoms with Gasteiger partial charge in [0.05, 0.1) is 5.69 Å². The molecule has 1 aliphatic rings. The zero-order valence-electron chi connectivity index (χ0n) is 11.0. The van der Waals surface area contributed by atoms with Gasteiger partial charge in [0.25, 0.3) is 0 Å². The lowest BCUT2D eigenvalue weighted by Gasteiger charge is -2.17. The van der Waals surface area contributed by atoms with Crippen molar-refractivity contribution in [2.24, 2.45) is 0 Å². The predicted octanol–water partition coefficient (Wildman–Crippen LogP) is 4.32. The Morgan fingerprint density at radius 1 is 0.947 bits per heavy atom. The van der Waals surface area contributed by atoms with Crippen LogP contribution >= 0.6 is 0 Å². The van der Waals surface area contributed by atoms with Gasteiger partial charge in [0.2, 0.25) is 0 Å². The van der Waals surface area contributed by atoms with Crippen molar-refractivity contribution in [3.63, 3.8) is 0 Å². The highest BCUT2D eigenvalue weighted by molar-refractivity contribution is 5.45. The molecule has 0 heterocycles. The van der Waals surface area contributed by atoms with Crippen LogP contribution in [0, 0.1) is 5.82 Å². The van der Waals surface area contributed by atoms with Crippen molar-refractivity contribution in [3.8, 4) is 0 Å². The summed E-state index contributed by atoms with van der Waals surface area (Å²) in [6.07, 6.45) is 4.98. The average molecular weight is 255 g/mol. The summed E-state index contributed by atoms with van der Waals surface area (Å²) in [6.45, 7) is 0.675. The van der Waals surface area contributed by atoms with Crippen LogP contribution < -0.4 is 5.32 Å². The zero-order chi connectivity index (χ0) is 13.1. The van der Waals surface area contributed by atoms with Gasteiger partial charge in [0.1, 0.15) is 5.82 Å². The number of fused-ring (bicyclic) bond motifs is 1. The van der Waals surface area contributed by atoms with Crippen LogP contribution in [-0.2, 0) is 19.4 Å². The maximum absolute atomic E-state index is 13.5. The third-order valence-electron chi connectivity index (χ3n) is 3.77. The van der Waals surface area contributed by atoms with Gasteiger partial charge in [-0.05, 0) is 54.5 Å². The van der Waals surface area contributed by atoms with E-state index in [9.17, 15) is 4.39 Å². The molecule has 0 fully saturated rings. The topological polar surface area (TPSA) is 12.0 Å². The highest BCUT2D eigenvalue weighted by Gasteiger charge is 2.09. The molecule has 1 N–H and O–H groups in total. The molecule has 1 aliphatic carbocycles. The summed E-state index contributed by atoms with van der Waals surface area (Å²) in [5.41, 5.74) is 4.75. The van der Waals surface area contributed by atoms with Gasteiger partial charge in [0.15, 0.2) is 0 Å². The highest BCUT2D eigenvalue weighted by Crippen LogP contribution is 2.23. The van der Waals surface area contributed by atoms with Crippen molar-refractivity contribution >= 4 is 5.69 Å². The molecule has 0 saturated carbocycles. The second-order valence-corrected chi connectivity index (χ2v) is 5.14. The van der Waals surface area contributed by atoms with Crippen LogP contribution in [0.2, 0.25) is 0 Å². The first-order chi connectivity index (χ1) is 9.33. The number of benzene rings is 2. The van der Waals surface area contributed by atoms with E-state index < -0.39 is 0 Å². The smallest absolute Gasteiger partial charge is 0.146 e. The molecular formula is C17H18FN. The van der Waals surface area contributed by atoms with E-state index in [1.165, 1.54) is 48.4 Å². The Kier molecular flexibility index (Phi) is 3.49. The number of nitrogens with one attached hydrogen (secondary N) is 1. The van der Waals surface area contributed by atoms with Gasteiger partial charge in [-0.2, -0.15) is 0 Å². The lowest BCUT2D eigenvalue weighted by Crippen LogP contribution is -2.06. The molecule has 0 bridgehead atoms. The molecule has 0 aromatic heterocycles. The summed E-state index contributed by atoms with van der Waals surface area (Å²) in [5.74, 6) is -0.194. The minimum absolute atomic E-state index is 0.194. The van der Waals surface area contributed by atoms with Crippen LogP contribution in [0.15, 0.2) is 42.5 Å². The fourth-order valence-corrected chi connectivity index (χ4v) is 2.70. The molecule has 2 aromatic carbocycles. The number of hydrogen-bond acceptors (Lipinski definition) is 1. The van der Waals surface area contributed by atoms with Crippen molar-refractivity contribution in [2.45, 2.75) is 32.2 Å². The van der Waals surface area contributed by atoms with Crippen molar-refractivity contribution in [1.29, 1.82) is 0 Å². The van der Waals surface area contributed by atoms with E-state index >= 15 is 0 Å². The quantitative estimate of drug-likeness (QED) is 0.861. The molecule has 19 heavy (non-hydrogen) atoms. The first-order valence-electron chi connectivity index (χ1n) is 6.92. The van der Waals surface area contributed by atoms with E-state index in [1.807, 2.05) is 6.07 Å². The number of halogens is 1. The minimum Gasteiger partial charge on any atom is -0.379 e. The molecular weight excluding hydrogens is 237 g/mol. The zero-order valence-corrected chi connectivity index (χ0v) is 11.0. The molecule has 0 unspecified atom stereocenters. The Morgan fingerprint density at radius 2 is 1.74 bits per heavy atom. The molecule has 0 radical (unpaired) electrons. The molecule has 0 aliphatic heterocycles. The van der Waals surface area contributed by atoms with Gasteiger partial charge in [-0.3, -0.25) is 0 Å². The fourth-order valence-electron chi connectivity index (χ4n) is 2.70. The third kappa shape index (κ3) is 2.78. The van der Waals surface area contributed by atoms with Gasteiger partial charge in [-0.25, -0.2) is 4.39 Å². The standard InChI is InChI=1S/C17H18FN/c18-16-7-3-4-8-17(16)19-12-13-9-10-14-5-1-2-6-15(14)11-13/h3-4,7-11,19H,1-2,5-6,12H2. The first kappa shape index (κ1) is 12.2. The molecule has 0 saturated heterocycles. The number of para-hydroxylation sites is 1. The van der Waals surface area contributed by atoms with E-state index in [0.29, 0.717) is 12.2 Å². The van der Waals surface area contributed by atoms with E-state index in [2.05, 4.69) is 23.5 Å². The van der Waals surface area contributed by atoms with Crippen LogP contribution in [0.25, 0.3) is 0 Å². The number of anilines is 1. The van der Waals surface area contributed by atoms with Crippen LogP contribution in [0.1, 0.15) is 29.5 Å². The van der Waals surface area contributed by atoms with Crippen molar-refractivity contribution in [3.05, 3.63) is 65.0 Å². The molecule has 3 rings (SSSR count). The van der Waals surface area contributed by atoms with Gasteiger partial charge in [-0.15, -0.1) is 0 Å². The first-order valence-corrected chi connectivity index (χ1v) is 6.92. The summed E-state index contributed by atoms with van der Waals surface area (Å²) in [5, 5.41) is 3.16. The maximum atomic E-state index is 13.5. The van der Waals surface area contributed by atoms with Gasteiger partial charge < -0.3 is 5.32 Å². The summed E-state index contributed by atoms with van der Waals surface area (Å²) in [6, 6.07) is 13.5. The van der Waals surface area contributed by atoms with Crippen molar-refractivity contribution in [1.82, 2.24) is 0 Å². The van der Waals surface area contributed by atoms with E-state index in [-0.39, 0.29) is 5.82 Å². The normalized spacial score (nSPS) is 13.9. The molecule has 0 atom stereocenters. The molecule has 98 valence electrons. The fraction of sp³-hybridized carbons (Fsp3) is 0.294. The number of aryl methyl sites for hydroxylation is 2. The van der Waals surface area contributed by atoms with Gasteiger partial charge in [-0.1, -0.05) is 30.3 Å². The Morgan fingerprint density at radius 3 is 2.58 bits per heavy atom. The molecule has 0 amide bonds. The highest BCUT2D eigenvalue weighted by atomic mass is 19.1. The van der Waals surface area contributed by atoms with Crippen molar-refractivity contribution in [2.75, 3.05) is 5.32 Å². The lowest BCUT2D eigenvalue weighted by molar-refractivity contribution is 0.630. The molecule has 2 heteroatoms. The van der Waals surface area contributed by atoms with Gasteiger partial charge in [0, 0.05) is 6.54 Å². The van der Waals surface area contributed by atoms with Gasteiger partial charge >= 0.3 is 0 Å². The molecule has 2 aromatic rings. The summed E-state index contributed by atoms with van der Waals surface area (Å²) in [4.78, 5) is 0. The largest absolute Gasteiger partial charge is 0.379 e. The maximum Gasteiger partial charge on any atom is 0.146 e. The monoisotopic (exact) mass is 255 g/mol. The SMILES string of the molecule is Fc1ccccc1NCc1ccc2c(c1)CCCC2. The van der Waals surface area contributed by atoms with E-state index in [0.717, 1.165) is 0 Å². The van der Waals surface area contributed by atoms with Crippen LogP contribution in [-0.4, -0.2) is 0 Å². The van der Waals surface area contributed by atoms with Crippen LogP contribution in [0.5, 0.6) is 0 Å². The second-order valence-electron chi connectivity index (χ2n) is 5.14. The Labute approximate surface area is 113 Å². The number of hydrogen-bond donors (Lipinski definition) is 1. The van der Waals surface area contributed by atoms with Crippen LogP contribution in [0.4, 0.5) is 10.1 Å². The third-order valence-corrected chi connectivity index (χ3v) is 3.77. The number of rotatable bonds is 3. The van der Waals surface area contributed by atoms with Crippen molar-refractivity contribution < 1.29 is 4.39 Å².